The predicted octanol–water partition coefficient (Wildman–Crippen LogP) is 4.05. The fraction of sp³-hybridized carbons (Fsp3) is 0.417. The summed E-state index contributed by atoms with van der Waals surface area (Å²) < 4.78 is 6.56. The minimum atomic E-state index is 0.0749. The van der Waals surface area contributed by atoms with E-state index >= 15 is 0 Å². The van der Waals surface area contributed by atoms with Crippen LogP contribution in [0.5, 0.6) is 0 Å². The minimum absolute atomic E-state index is 0.0749. The molecule has 0 amide bonds. The normalized spacial score (nSPS) is 12.0. The number of aromatic nitrogens is 1. The second-order valence-electron chi connectivity index (χ2n) is 4.87. The molecule has 17 heavy (non-hydrogen) atoms. The minimum Gasteiger partial charge on any atom is -0.443 e. The van der Waals surface area contributed by atoms with E-state index in [-0.39, 0.29) is 5.54 Å². The predicted molar refractivity (Wildman–Crippen MR) is 74.1 cm³/mol. The van der Waals surface area contributed by atoms with Crippen LogP contribution in [0.15, 0.2) is 26.0 Å². The van der Waals surface area contributed by atoms with E-state index in [1.165, 1.54) is 6.39 Å². The van der Waals surface area contributed by atoms with Crippen LogP contribution in [0.2, 0.25) is 0 Å². The van der Waals surface area contributed by atoms with E-state index in [1.807, 2.05) is 6.07 Å². The van der Waals surface area contributed by atoms with Gasteiger partial charge in [0.25, 0.3) is 0 Å². The van der Waals surface area contributed by atoms with E-state index in [9.17, 15) is 0 Å². The van der Waals surface area contributed by atoms with E-state index in [0.717, 1.165) is 20.8 Å². The van der Waals surface area contributed by atoms with Gasteiger partial charge in [0, 0.05) is 23.0 Å². The first-order chi connectivity index (χ1) is 7.96. The Morgan fingerprint density at radius 1 is 1.47 bits per heavy atom. The molecule has 5 heteroatoms. The maximum atomic E-state index is 5.46. The van der Waals surface area contributed by atoms with Crippen LogP contribution >= 0.6 is 27.3 Å². The summed E-state index contributed by atoms with van der Waals surface area (Å²) in [4.78, 5) is 4.27. The topological polar surface area (TPSA) is 38.1 Å². The summed E-state index contributed by atoms with van der Waals surface area (Å²) >= 11 is 5.10. The highest BCUT2D eigenvalue weighted by atomic mass is 79.9. The Labute approximate surface area is 113 Å². The number of oxazole rings is 1. The second-order valence-corrected chi connectivity index (χ2v) is 7.16. The van der Waals surface area contributed by atoms with Crippen molar-refractivity contribution >= 4 is 27.3 Å². The van der Waals surface area contributed by atoms with Gasteiger partial charge in [0.15, 0.2) is 12.2 Å². The number of thiophene rings is 1. The number of rotatable bonds is 3. The lowest BCUT2D eigenvalue weighted by atomic mass is 10.1. The first kappa shape index (κ1) is 12.8. The first-order valence-electron chi connectivity index (χ1n) is 5.37. The van der Waals surface area contributed by atoms with Crippen molar-refractivity contribution < 1.29 is 4.42 Å². The van der Waals surface area contributed by atoms with Gasteiger partial charge in [-0.2, -0.15) is 0 Å². The number of halogens is 1. The van der Waals surface area contributed by atoms with Crippen molar-refractivity contribution in [1.82, 2.24) is 10.3 Å². The molecule has 0 aromatic carbocycles. The maximum Gasteiger partial charge on any atom is 0.181 e. The summed E-state index contributed by atoms with van der Waals surface area (Å²) in [5.41, 5.74) is 2.10. The van der Waals surface area contributed by atoms with Gasteiger partial charge in [0.05, 0.1) is 3.79 Å². The molecule has 3 nitrogen and oxygen atoms in total. The van der Waals surface area contributed by atoms with E-state index in [4.69, 9.17) is 4.42 Å². The Morgan fingerprint density at radius 2 is 2.24 bits per heavy atom. The highest BCUT2D eigenvalue weighted by molar-refractivity contribution is 9.11. The quantitative estimate of drug-likeness (QED) is 0.928. The van der Waals surface area contributed by atoms with E-state index in [1.54, 1.807) is 11.3 Å². The molecule has 0 radical (unpaired) electrons. The summed E-state index contributed by atoms with van der Waals surface area (Å²) in [6, 6.07) is 2.05. The fourth-order valence-corrected chi connectivity index (χ4v) is 2.54. The standard InChI is InChI=1S/C12H15BrN2OS/c1-12(2,3)15-5-9-11(16-7-14-9)8-4-10(13)17-6-8/h4,6-7,15H,5H2,1-3H3. The average Bonchev–Trinajstić information content (AvgIpc) is 2.81. The number of nitrogens with one attached hydrogen (secondary N) is 1. The van der Waals surface area contributed by atoms with Crippen LogP contribution < -0.4 is 5.32 Å². The summed E-state index contributed by atoms with van der Waals surface area (Å²) in [6.07, 6.45) is 1.50. The lowest BCUT2D eigenvalue weighted by molar-refractivity contribution is 0.421. The van der Waals surface area contributed by atoms with Crippen molar-refractivity contribution in [3.8, 4) is 11.3 Å². The van der Waals surface area contributed by atoms with Gasteiger partial charge < -0.3 is 9.73 Å². The summed E-state index contributed by atoms with van der Waals surface area (Å²) in [6.45, 7) is 7.11. The molecule has 0 aliphatic rings. The number of hydrogen-bond acceptors (Lipinski definition) is 4. The molecule has 0 aliphatic carbocycles. The Kier molecular flexibility index (Phi) is 3.70. The smallest absolute Gasteiger partial charge is 0.181 e. The fourth-order valence-electron chi connectivity index (χ4n) is 1.41. The van der Waals surface area contributed by atoms with Crippen molar-refractivity contribution in [3.05, 3.63) is 27.3 Å². The molecule has 2 aromatic heterocycles. The van der Waals surface area contributed by atoms with Crippen LogP contribution in [0, 0.1) is 0 Å². The summed E-state index contributed by atoms with van der Waals surface area (Å²) in [5.74, 6) is 0.851. The molecule has 2 heterocycles. The summed E-state index contributed by atoms with van der Waals surface area (Å²) in [5, 5.41) is 5.47. The molecule has 2 rings (SSSR count). The van der Waals surface area contributed by atoms with Gasteiger partial charge in [-0.3, -0.25) is 0 Å². The summed E-state index contributed by atoms with van der Waals surface area (Å²) in [7, 11) is 0. The van der Waals surface area contributed by atoms with Crippen molar-refractivity contribution in [2.24, 2.45) is 0 Å². The Balaban J connectivity index is 2.17. The zero-order valence-corrected chi connectivity index (χ0v) is 12.5. The molecular formula is C12H15BrN2OS. The third kappa shape index (κ3) is 3.40. The van der Waals surface area contributed by atoms with Crippen molar-refractivity contribution in [2.45, 2.75) is 32.9 Å². The molecule has 2 aromatic rings. The van der Waals surface area contributed by atoms with Gasteiger partial charge in [-0.05, 0) is 42.8 Å². The Morgan fingerprint density at radius 3 is 2.82 bits per heavy atom. The van der Waals surface area contributed by atoms with Gasteiger partial charge in [-0.15, -0.1) is 11.3 Å². The first-order valence-corrected chi connectivity index (χ1v) is 7.05. The van der Waals surface area contributed by atoms with Crippen LogP contribution in [0.3, 0.4) is 0 Å². The van der Waals surface area contributed by atoms with Gasteiger partial charge >= 0.3 is 0 Å². The molecule has 1 N–H and O–H groups in total. The molecule has 0 atom stereocenters. The molecule has 0 saturated heterocycles. The van der Waals surface area contributed by atoms with Gasteiger partial charge in [-0.25, -0.2) is 4.98 Å². The molecular weight excluding hydrogens is 300 g/mol. The SMILES string of the molecule is CC(C)(C)NCc1ncoc1-c1csc(Br)c1. The van der Waals surface area contributed by atoms with Crippen LogP contribution in [-0.2, 0) is 6.54 Å². The van der Waals surface area contributed by atoms with Crippen LogP contribution in [0.4, 0.5) is 0 Å². The molecule has 92 valence electrons. The zero-order chi connectivity index (χ0) is 12.5. The monoisotopic (exact) mass is 314 g/mol. The third-order valence-corrected chi connectivity index (χ3v) is 3.76. The zero-order valence-electron chi connectivity index (χ0n) is 10.1. The van der Waals surface area contributed by atoms with Gasteiger partial charge in [0.1, 0.15) is 5.69 Å². The van der Waals surface area contributed by atoms with Gasteiger partial charge in [-0.1, -0.05) is 0 Å². The molecule has 0 fully saturated rings. The van der Waals surface area contributed by atoms with E-state index in [2.05, 4.69) is 52.4 Å². The Hall–Kier alpha value is -0.650. The lowest BCUT2D eigenvalue weighted by Crippen LogP contribution is -2.35. The van der Waals surface area contributed by atoms with Crippen molar-refractivity contribution in [1.29, 1.82) is 0 Å². The second kappa shape index (κ2) is 4.92. The highest BCUT2D eigenvalue weighted by Gasteiger charge is 2.15. The van der Waals surface area contributed by atoms with Crippen LogP contribution in [0.25, 0.3) is 11.3 Å². The maximum absolute atomic E-state index is 5.46. The van der Waals surface area contributed by atoms with Crippen molar-refractivity contribution in [3.63, 3.8) is 0 Å². The van der Waals surface area contributed by atoms with Crippen molar-refractivity contribution in [2.75, 3.05) is 0 Å². The van der Waals surface area contributed by atoms with Crippen LogP contribution in [-0.4, -0.2) is 10.5 Å². The number of nitrogens with zero attached hydrogens (tertiary/aromatic N) is 1. The number of hydrogen-bond donors (Lipinski definition) is 1. The van der Waals surface area contributed by atoms with Crippen LogP contribution in [0.1, 0.15) is 26.5 Å². The molecule has 0 aliphatic heterocycles. The average molecular weight is 315 g/mol. The van der Waals surface area contributed by atoms with E-state index in [0.29, 0.717) is 6.54 Å². The third-order valence-electron chi connectivity index (χ3n) is 2.26. The Bertz CT molecular complexity index is 499. The molecule has 0 saturated carbocycles. The highest BCUT2D eigenvalue weighted by Crippen LogP contribution is 2.30. The molecule has 0 unspecified atom stereocenters. The largest absolute Gasteiger partial charge is 0.443 e. The molecule has 0 bridgehead atoms. The molecule has 0 spiro atoms. The lowest BCUT2D eigenvalue weighted by Gasteiger charge is -2.19. The van der Waals surface area contributed by atoms with E-state index < -0.39 is 0 Å². The van der Waals surface area contributed by atoms with Gasteiger partial charge in [0.2, 0.25) is 0 Å².